The molecular weight excluding hydrogens is 220 g/mol. The molecule has 2 N–H and O–H groups in total. The molecule has 1 aliphatic rings. The number of aliphatic carboxylic acids is 1. The van der Waals surface area contributed by atoms with Gasteiger partial charge < -0.3 is 15.3 Å². The van der Waals surface area contributed by atoms with Gasteiger partial charge in [0.2, 0.25) is 5.91 Å². The zero-order chi connectivity index (χ0) is 12.8. The summed E-state index contributed by atoms with van der Waals surface area (Å²) < 4.78 is 0. The maximum absolute atomic E-state index is 12.2. The van der Waals surface area contributed by atoms with Crippen LogP contribution in [-0.2, 0) is 9.59 Å². The van der Waals surface area contributed by atoms with Crippen LogP contribution in [0.5, 0.6) is 0 Å². The van der Waals surface area contributed by atoms with Gasteiger partial charge in [-0.15, -0.1) is 0 Å². The third kappa shape index (κ3) is 4.34. The largest absolute Gasteiger partial charge is 0.481 e. The van der Waals surface area contributed by atoms with Gasteiger partial charge in [-0.1, -0.05) is 6.92 Å². The van der Waals surface area contributed by atoms with Crippen LogP contribution in [0, 0.1) is 0 Å². The fourth-order valence-electron chi connectivity index (χ4n) is 2.14. The molecule has 5 nitrogen and oxygen atoms in total. The molecule has 1 heterocycles. The molecule has 0 saturated carbocycles. The monoisotopic (exact) mass is 242 g/mol. The molecule has 1 rings (SSSR count). The van der Waals surface area contributed by atoms with Crippen molar-refractivity contribution in [3.05, 3.63) is 0 Å². The molecule has 1 aliphatic heterocycles. The standard InChI is InChI=1S/C12H22N2O3/c1-3-7-14-8-6-9(2)13-10(12(14)17)4-5-11(15)16/h9-10,13H,3-8H2,1-2H3,(H,15,16). The first kappa shape index (κ1) is 14.0. The Morgan fingerprint density at radius 3 is 2.88 bits per heavy atom. The summed E-state index contributed by atoms with van der Waals surface area (Å²) in [4.78, 5) is 24.6. The molecule has 0 radical (unpaired) electrons. The van der Waals surface area contributed by atoms with Crippen LogP contribution in [0.25, 0.3) is 0 Å². The Balaban J connectivity index is 2.63. The van der Waals surface area contributed by atoms with Crippen molar-refractivity contribution in [3.63, 3.8) is 0 Å². The van der Waals surface area contributed by atoms with Crippen LogP contribution >= 0.6 is 0 Å². The van der Waals surface area contributed by atoms with Crippen LogP contribution in [0.2, 0.25) is 0 Å². The topological polar surface area (TPSA) is 69.6 Å². The third-order valence-electron chi connectivity index (χ3n) is 3.07. The molecule has 0 spiro atoms. The smallest absolute Gasteiger partial charge is 0.303 e. The van der Waals surface area contributed by atoms with E-state index in [-0.39, 0.29) is 24.4 Å². The lowest BCUT2D eigenvalue weighted by Gasteiger charge is -2.23. The molecule has 0 aromatic rings. The van der Waals surface area contributed by atoms with Crippen LogP contribution in [0.4, 0.5) is 0 Å². The van der Waals surface area contributed by atoms with E-state index in [0.29, 0.717) is 6.42 Å². The predicted octanol–water partition coefficient (Wildman–Crippen LogP) is 0.840. The second-order valence-corrected chi connectivity index (χ2v) is 4.67. The summed E-state index contributed by atoms with van der Waals surface area (Å²) in [5.74, 6) is -0.795. The maximum Gasteiger partial charge on any atom is 0.303 e. The van der Waals surface area contributed by atoms with Gasteiger partial charge >= 0.3 is 5.97 Å². The number of nitrogens with zero attached hydrogens (tertiary/aromatic N) is 1. The number of carboxylic acid groups (broad SMARTS) is 1. The number of carbonyl (C=O) groups excluding carboxylic acids is 1. The summed E-state index contributed by atoms with van der Waals surface area (Å²) in [6, 6.07) is -0.0743. The Morgan fingerprint density at radius 1 is 1.59 bits per heavy atom. The number of amides is 1. The molecule has 0 aromatic heterocycles. The zero-order valence-electron chi connectivity index (χ0n) is 10.6. The molecule has 2 atom stereocenters. The lowest BCUT2D eigenvalue weighted by atomic mass is 10.1. The molecule has 1 saturated heterocycles. The Kier molecular flexibility index (Phi) is 5.41. The number of hydrogen-bond donors (Lipinski definition) is 2. The van der Waals surface area contributed by atoms with E-state index in [1.807, 2.05) is 18.7 Å². The molecule has 1 fully saturated rings. The van der Waals surface area contributed by atoms with Crippen LogP contribution in [0.3, 0.4) is 0 Å². The van der Waals surface area contributed by atoms with Gasteiger partial charge in [0.05, 0.1) is 6.04 Å². The molecule has 2 unspecified atom stereocenters. The fourth-order valence-corrected chi connectivity index (χ4v) is 2.14. The van der Waals surface area contributed by atoms with E-state index in [1.165, 1.54) is 0 Å². The Labute approximate surface area is 102 Å². The molecule has 5 heteroatoms. The number of rotatable bonds is 5. The highest BCUT2D eigenvalue weighted by Crippen LogP contribution is 2.11. The average molecular weight is 242 g/mol. The minimum atomic E-state index is -0.849. The van der Waals surface area contributed by atoms with Crippen LogP contribution in [0.15, 0.2) is 0 Å². The van der Waals surface area contributed by atoms with E-state index in [1.54, 1.807) is 0 Å². The van der Waals surface area contributed by atoms with E-state index >= 15 is 0 Å². The van der Waals surface area contributed by atoms with Gasteiger partial charge in [-0.05, 0) is 26.2 Å². The first-order valence-corrected chi connectivity index (χ1v) is 6.31. The minimum Gasteiger partial charge on any atom is -0.481 e. The van der Waals surface area contributed by atoms with Gasteiger partial charge in [-0.3, -0.25) is 9.59 Å². The fraction of sp³-hybridized carbons (Fsp3) is 0.833. The molecule has 17 heavy (non-hydrogen) atoms. The highest BCUT2D eigenvalue weighted by Gasteiger charge is 2.28. The van der Waals surface area contributed by atoms with Gasteiger partial charge in [0.1, 0.15) is 0 Å². The van der Waals surface area contributed by atoms with Crippen molar-refractivity contribution < 1.29 is 14.7 Å². The van der Waals surface area contributed by atoms with Gasteiger partial charge in [-0.25, -0.2) is 0 Å². The number of hydrogen-bond acceptors (Lipinski definition) is 3. The molecule has 0 aliphatic carbocycles. The van der Waals surface area contributed by atoms with E-state index in [0.717, 1.165) is 25.9 Å². The zero-order valence-corrected chi connectivity index (χ0v) is 10.6. The van der Waals surface area contributed by atoms with Crippen molar-refractivity contribution in [1.29, 1.82) is 0 Å². The maximum atomic E-state index is 12.2. The van der Waals surface area contributed by atoms with Crippen LogP contribution < -0.4 is 5.32 Å². The normalized spacial score (nSPS) is 25.8. The first-order chi connectivity index (χ1) is 8.04. The first-order valence-electron chi connectivity index (χ1n) is 6.31. The van der Waals surface area contributed by atoms with Crippen molar-refractivity contribution >= 4 is 11.9 Å². The van der Waals surface area contributed by atoms with Gasteiger partial charge in [0.15, 0.2) is 0 Å². The van der Waals surface area contributed by atoms with Crippen molar-refractivity contribution in [1.82, 2.24) is 10.2 Å². The van der Waals surface area contributed by atoms with Crippen LogP contribution in [-0.4, -0.2) is 47.1 Å². The summed E-state index contributed by atoms with van der Waals surface area (Å²) in [5, 5.41) is 11.9. The van der Waals surface area contributed by atoms with Crippen molar-refractivity contribution in [2.45, 2.75) is 51.6 Å². The van der Waals surface area contributed by atoms with E-state index in [9.17, 15) is 9.59 Å². The quantitative estimate of drug-likeness (QED) is 0.749. The number of carbonyl (C=O) groups is 2. The highest BCUT2D eigenvalue weighted by atomic mass is 16.4. The predicted molar refractivity (Wildman–Crippen MR) is 64.7 cm³/mol. The van der Waals surface area contributed by atoms with E-state index < -0.39 is 5.97 Å². The van der Waals surface area contributed by atoms with Crippen molar-refractivity contribution in [2.75, 3.05) is 13.1 Å². The summed E-state index contributed by atoms with van der Waals surface area (Å²) in [6.45, 7) is 5.61. The van der Waals surface area contributed by atoms with Gasteiger partial charge in [-0.2, -0.15) is 0 Å². The second kappa shape index (κ2) is 6.59. The lowest BCUT2D eigenvalue weighted by molar-refractivity contribution is -0.137. The summed E-state index contributed by atoms with van der Waals surface area (Å²) in [5.41, 5.74) is 0. The SMILES string of the molecule is CCCN1CCC(C)NC(CCC(=O)O)C1=O. The molecule has 0 bridgehead atoms. The minimum absolute atomic E-state index is 0.0378. The Morgan fingerprint density at radius 2 is 2.29 bits per heavy atom. The summed E-state index contributed by atoms with van der Waals surface area (Å²) in [6.07, 6.45) is 2.27. The molecular formula is C12H22N2O3. The highest BCUT2D eigenvalue weighted by molar-refractivity contribution is 5.82. The van der Waals surface area contributed by atoms with Gasteiger partial charge in [0.25, 0.3) is 0 Å². The lowest BCUT2D eigenvalue weighted by Crippen LogP contribution is -2.45. The number of nitrogens with one attached hydrogen (secondary N) is 1. The van der Waals surface area contributed by atoms with E-state index in [2.05, 4.69) is 5.32 Å². The molecule has 1 amide bonds. The van der Waals surface area contributed by atoms with Crippen molar-refractivity contribution in [2.24, 2.45) is 0 Å². The number of carboxylic acids is 1. The molecule has 0 aromatic carbocycles. The van der Waals surface area contributed by atoms with Crippen LogP contribution in [0.1, 0.15) is 39.5 Å². The Bertz CT molecular complexity index is 281. The molecule has 98 valence electrons. The second-order valence-electron chi connectivity index (χ2n) is 4.67. The summed E-state index contributed by atoms with van der Waals surface area (Å²) in [7, 11) is 0. The van der Waals surface area contributed by atoms with Crippen molar-refractivity contribution in [3.8, 4) is 0 Å². The Hall–Kier alpha value is -1.10. The average Bonchev–Trinajstić information content (AvgIpc) is 2.40. The third-order valence-corrected chi connectivity index (χ3v) is 3.07. The van der Waals surface area contributed by atoms with E-state index in [4.69, 9.17) is 5.11 Å². The van der Waals surface area contributed by atoms with Gasteiger partial charge in [0, 0.05) is 25.6 Å². The summed E-state index contributed by atoms with van der Waals surface area (Å²) >= 11 is 0.